The zero-order chi connectivity index (χ0) is 18.4. The van der Waals surface area contributed by atoms with Crippen molar-refractivity contribution in [3.8, 4) is 0 Å². The number of nitrogens with zero attached hydrogens (tertiary/aromatic N) is 2. The molecular weight excluding hydrogens is 340 g/mol. The first-order valence-electron chi connectivity index (χ1n) is 9.52. The van der Waals surface area contributed by atoms with E-state index >= 15 is 0 Å². The van der Waals surface area contributed by atoms with Crippen molar-refractivity contribution < 1.29 is 4.79 Å². The fraction of sp³-hybridized carbons (Fsp3) is 0.409. The lowest BCUT2D eigenvalue weighted by Gasteiger charge is -2.26. The van der Waals surface area contributed by atoms with Crippen LogP contribution in [0.15, 0.2) is 54.6 Å². The summed E-state index contributed by atoms with van der Waals surface area (Å²) in [5.41, 5.74) is 3.72. The number of benzene rings is 2. The monoisotopic (exact) mass is 368 g/mol. The van der Waals surface area contributed by atoms with Gasteiger partial charge in [0.2, 0.25) is 5.91 Å². The SMILES string of the molecule is CCN(CC)c1ccc(C2SCCN2C(=O)CCc2ccccc2)cc1. The minimum Gasteiger partial charge on any atom is -0.372 e. The average Bonchev–Trinajstić information content (AvgIpc) is 3.18. The molecule has 3 rings (SSSR count). The summed E-state index contributed by atoms with van der Waals surface area (Å²) in [6.45, 7) is 7.23. The summed E-state index contributed by atoms with van der Waals surface area (Å²) < 4.78 is 0. The van der Waals surface area contributed by atoms with E-state index in [0.29, 0.717) is 6.42 Å². The molecule has 0 spiro atoms. The Kier molecular flexibility index (Phi) is 6.62. The van der Waals surface area contributed by atoms with Crippen LogP contribution in [-0.4, -0.2) is 36.2 Å². The molecule has 1 aliphatic rings. The van der Waals surface area contributed by atoms with Gasteiger partial charge in [0.25, 0.3) is 0 Å². The minimum atomic E-state index is 0.157. The van der Waals surface area contributed by atoms with Crippen LogP contribution in [0, 0.1) is 0 Å². The number of carbonyl (C=O) groups is 1. The fourth-order valence-corrected chi connectivity index (χ4v) is 4.76. The van der Waals surface area contributed by atoms with Gasteiger partial charge in [-0.15, -0.1) is 11.8 Å². The maximum Gasteiger partial charge on any atom is 0.224 e. The molecule has 1 unspecified atom stereocenters. The largest absolute Gasteiger partial charge is 0.372 e. The number of carbonyl (C=O) groups excluding carboxylic acids is 1. The first-order chi connectivity index (χ1) is 12.7. The summed E-state index contributed by atoms with van der Waals surface area (Å²) >= 11 is 1.87. The molecule has 2 aromatic rings. The van der Waals surface area contributed by atoms with Crippen molar-refractivity contribution in [3.63, 3.8) is 0 Å². The third-order valence-corrected chi connectivity index (χ3v) is 6.25. The molecular formula is C22H28N2OS. The molecule has 0 bridgehead atoms. The van der Waals surface area contributed by atoms with Gasteiger partial charge in [-0.1, -0.05) is 42.5 Å². The molecule has 2 aromatic carbocycles. The van der Waals surface area contributed by atoms with Gasteiger partial charge >= 0.3 is 0 Å². The fourth-order valence-electron chi connectivity index (χ4n) is 3.48. The van der Waals surface area contributed by atoms with Crippen LogP contribution in [0.3, 0.4) is 0 Å². The summed E-state index contributed by atoms with van der Waals surface area (Å²) in [6, 6.07) is 19.0. The second-order valence-electron chi connectivity index (χ2n) is 6.56. The zero-order valence-electron chi connectivity index (χ0n) is 15.7. The Bertz CT molecular complexity index is 698. The zero-order valence-corrected chi connectivity index (χ0v) is 16.5. The molecule has 1 aliphatic heterocycles. The van der Waals surface area contributed by atoms with Gasteiger partial charge in [-0.25, -0.2) is 0 Å². The van der Waals surface area contributed by atoms with Crippen molar-refractivity contribution in [1.29, 1.82) is 0 Å². The van der Waals surface area contributed by atoms with Crippen molar-refractivity contribution in [2.75, 3.05) is 30.3 Å². The van der Waals surface area contributed by atoms with Crippen molar-refractivity contribution in [2.24, 2.45) is 0 Å². The standard InChI is InChI=1S/C22H28N2OS/c1-3-23(4-2)20-13-11-19(12-14-20)22-24(16-17-26-22)21(25)15-10-18-8-6-5-7-9-18/h5-9,11-14,22H,3-4,10,15-17H2,1-2H3. The van der Waals surface area contributed by atoms with Crippen LogP contribution in [-0.2, 0) is 11.2 Å². The molecule has 1 fully saturated rings. The topological polar surface area (TPSA) is 23.6 Å². The number of rotatable bonds is 7. The van der Waals surface area contributed by atoms with Gasteiger partial charge < -0.3 is 9.80 Å². The lowest BCUT2D eigenvalue weighted by Crippen LogP contribution is -2.30. The molecule has 1 atom stereocenters. The highest BCUT2D eigenvalue weighted by Crippen LogP contribution is 2.38. The van der Waals surface area contributed by atoms with Crippen LogP contribution < -0.4 is 4.90 Å². The summed E-state index contributed by atoms with van der Waals surface area (Å²) in [5, 5.41) is 0.157. The quantitative estimate of drug-likeness (QED) is 0.705. The maximum atomic E-state index is 12.8. The number of hydrogen-bond acceptors (Lipinski definition) is 3. The number of anilines is 1. The van der Waals surface area contributed by atoms with Crippen molar-refractivity contribution in [2.45, 2.75) is 32.1 Å². The van der Waals surface area contributed by atoms with E-state index in [4.69, 9.17) is 0 Å². The molecule has 0 aromatic heterocycles. The first-order valence-corrected chi connectivity index (χ1v) is 10.6. The van der Waals surface area contributed by atoms with E-state index in [9.17, 15) is 4.79 Å². The van der Waals surface area contributed by atoms with Crippen LogP contribution in [0.25, 0.3) is 0 Å². The van der Waals surface area contributed by atoms with E-state index in [2.05, 4.69) is 60.0 Å². The minimum absolute atomic E-state index is 0.157. The van der Waals surface area contributed by atoms with Gasteiger partial charge in [-0.05, 0) is 43.5 Å². The molecule has 0 aliphatic carbocycles. The number of thioether (sulfide) groups is 1. The third kappa shape index (κ3) is 4.42. The maximum absolute atomic E-state index is 12.8. The lowest BCUT2D eigenvalue weighted by atomic mass is 10.1. The molecule has 26 heavy (non-hydrogen) atoms. The van der Waals surface area contributed by atoms with E-state index < -0.39 is 0 Å². The van der Waals surface area contributed by atoms with Gasteiger partial charge in [-0.3, -0.25) is 4.79 Å². The lowest BCUT2D eigenvalue weighted by molar-refractivity contribution is -0.131. The van der Waals surface area contributed by atoms with Crippen molar-refractivity contribution in [3.05, 3.63) is 65.7 Å². The van der Waals surface area contributed by atoms with E-state index in [1.54, 1.807) is 0 Å². The van der Waals surface area contributed by atoms with Crippen LogP contribution in [0.1, 0.15) is 36.8 Å². The first kappa shape index (κ1) is 18.8. The molecule has 0 saturated carbocycles. The molecule has 0 N–H and O–H groups in total. The molecule has 4 heteroatoms. The molecule has 3 nitrogen and oxygen atoms in total. The van der Waals surface area contributed by atoms with Gasteiger partial charge in [-0.2, -0.15) is 0 Å². The molecule has 138 valence electrons. The summed E-state index contributed by atoms with van der Waals surface area (Å²) in [6.07, 6.45) is 1.40. The Labute approximate surface area is 161 Å². The van der Waals surface area contributed by atoms with Gasteiger partial charge in [0.1, 0.15) is 5.37 Å². The van der Waals surface area contributed by atoms with E-state index in [1.165, 1.54) is 16.8 Å². The number of hydrogen-bond donors (Lipinski definition) is 0. The second kappa shape index (κ2) is 9.13. The number of amides is 1. The van der Waals surface area contributed by atoms with Crippen LogP contribution in [0.4, 0.5) is 5.69 Å². The molecule has 1 saturated heterocycles. The number of aryl methyl sites for hydroxylation is 1. The summed E-state index contributed by atoms with van der Waals surface area (Å²) in [4.78, 5) is 17.2. The highest BCUT2D eigenvalue weighted by molar-refractivity contribution is 7.99. The van der Waals surface area contributed by atoms with Gasteiger partial charge in [0, 0.05) is 37.5 Å². The Hall–Kier alpha value is -1.94. The van der Waals surface area contributed by atoms with E-state index in [0.717, 1.165) is 31.8 Å². The average molecular weight is 369 g/mol. The predicted molar refractivity (Wildman–Crippen MR) is 112 cm³/mol. The highest BCUT2D eigenvalue weighted by Gasteiger charge is 2.30. The van der Waals surface area contributed by atoms with Crippen LogP contribution in [0.5, 0.6) is 0 Å². The predicted octanol–water partition coefficient (Wildman–Crippen LogP) is 4.74. The van der Waals surface area contributed by atoms with Crippen LogP contribution in [0.2, 0.25) is 0 Å². The Morgan fingerprint density at radius 1 is 1.08 bits per heavy atom. The van der Waals surface area contributed by atoms with E-state index in [-0.39, 0.29) is 11.3 Å². The Morgan fingerprint density at radius 2 is 1.77 bits per heavy atom. The summed E-state index contributed by atoms with van der Waals surface area (Å²) in [5.74, 6) is 1.27. The molecule has 1 heterocycles. The Morgan fingerprint density at radius 3 is 2.42 bits per heavy atom. The third-order valence-electron chi connectivity index (χ3n) is 4.99. The van der Waals surface area contributed by atoms with Gasteiger partial charge in [0.15, 0.2) is 0 Å². The van der Waals surface area contributed by atoms with Crippen LogP contribution >= 0.6 is 11.8 Å². The van der Waals surface area contributed by atoms with Crippen molar-refractivity contribution in [1.82, 2.24) is 4.90 Å². The second-order valence-corrected chi connectivity index (χ2v) is 7.75. The molecule has 0 radical (unpaired) electrons. The van der Waals surface area contributed by atoms with Crippen molar-refractivity contribution >= 4 is 23.4 Å². The highest BCUT2D eigenvalue weighted by atomic mass is 32.2. The molecule has 1 amide bonds. The Balaban J connectivity index is 1.64. The normalized spacial score (nSPS) is 16.7. The summed E-state index contributed by atoms with van der Waals surface area (Å²) in [7, 11) is 0. The smallest absolute Gasteiger partial charge is 0.224 e. The van der Waals surface area contributed by atoms with Gasteiger partial charge in [0.05, 0.1) is 0 Å². The van der Waals surface area contributed by atoms with E-state index in [1.807, 2.05) is 30.0 Å².